The Balaban J connectivity index is 2.10. The number of anilines is 1. The highest BCUT2D eigenvalue weighted by Gasteiger charge is 2.09. The minimum atomic E-state index is 0.486. The highest BCUT2D eigenvalue weighted by molar-refractivity contribution is 7.14. The SMILES string of the molecule is N=C(c1ccc2ccccc2c1)c1ccsc1N. The standard InChI is InChI=1S/C15H12N2S/c16-14(13-7-8-18-15(13)17)12-6-5-10-3-1-2-4-11(10)9-12/h1-9,16H,17H2. The van der Waals surface area contributed by atoms with Crippen molar-refractivity contribution in [2.24, 2.45) is 0 Å². The number of hydrogen-bond donors (Lipinski definition) is 2. The zero-order valence-electron chi connectivity index (χ0n) is 9.68. The third-order valence-corrected chi connectivity index (χ3v) is 3.75. The van der Waals surface area contributed by atoms with Gasteiger partial charge < -0.3 is 5.73 Å². The molecule has 18 heavy (non-hydrogen) atoms. The van der Waals surface area contributed by atoms with Gasteiger partial charge in [0.05, 0.1) is 10.7 Å². The zero-order valence-corrected chi connectivity index (χ0v) is 10.5. The first-order valence-corrected chi connectivity index (χ1v) is 6.55. The minimum absolute atomic E-state index is 0.486. The van der Waals surface area contributed by atoms with Gasteiger partial charge in [-0.3, -0.25) is 5.41 Å². The lowest BCUT2D eigenvalue weighted by Crippen LogP contribution is -2.02. The van der Waals surface area contributed by atoms with Crippen LogP contribution >= 0.6 is 11.3 Å². The molecule has 2 nitrogen and oxygen atoms in total. The van der Waals surface area contributed by atoms with Gasteiger partial charge in [0.1, 0.15) is 0 Å². The molecule has 3 rings (SSSR count). The fraction of sp³-hybridized carbons (Fsp3) is 0. The number of thiophene rings is 1. The highest BCUT2D eigenvalue weighted by atomic mass is 32.1. The number of nitrogens with one attached hydrogen (secondary N) is 1. The Labute approximate surface area is 109 Å². The first-order chi connectivity index (χ1) is 8.75. The maximum Gasteiger partial charge on any atom is 0.0951 e. The molecule has 0 unspecified atom stereocenters. The van der Waals surface area contributed by atoms with Crippen molar-refractivity contribution in [2.75, 3.05) is 5.73 Å². The summed E-state index contributed by atoms with van der Waals surface area (Å²) in [6.45, 7) is 0. The predicted molar refractivity (Wildman–Crippen MR) is 78.6 cm³/mol. The average Bonchev–Trinajstić information content (AvgIpc) is 2.83. The predicted octanol–water partition coefficient (Wildman–Crippen LogP) is 3.90. The van der Waals surface area contributed by atoms with Gasteiger partial charge in [-0.25, -0.2) is 0 Å². The smallest absolute Gasteiger partial charge is 0.0951 e. The molecule has 0 radical (unpaired) electrons. The van der Waals surface area contributed by atoms with Crippen LogP contribution in [0.15, 0.2) is 53.9 Å². The van der Waals surface area contributed by atoms with Gasteiger partial charge in [0.25, 0.3) is 0 Å². The Kier molecular flexibility index (Phi) is 2.61. The lowest BCUT2D eigenvalue weighted by Gasteiger charge is -2.05. The lowest BCUT2D eigenvalue weighted by atomic mass is 10.0. The first-order valence-electron chi connectivity index (χ1n) is 5.67. The number of benzene rings is 2. The van der Waals surface area contributed by atoms with Crippen LogP contribution in [0.3, 0.4) is 0 Å². The van der Waals surface area contributed by atoms with Gasteiger partial charge in [0.15, 0.2) is 0 Å². The summed E-state index contributed by atoms with van der Waals surface area (Å²) >= 11 is 1.47. The van der Waals surface area contributed by atoms with Crippen LogP contribution in [0.4, 0.5) is 5.00 Å². The van der Waals surface area contributed by atoms with Gasteiger partial charge in [0.2, 0.25) is 0 Å². The minimum Gasteiger partial charge on any atom is -0.390 e. The Morgan fingerprint density at radius 2 is 1.78 bits per heavy atom. The Morgan fingerprint density at radius 1 is 1.00 bits per heavy atom. The van der Waals surface area contributed by atoms with Crippen LogP contribution in [0.25, 0.3) is 10.8 Å². The number of nitrogen functional groups attached to an aromatic ring is 1. The molecule has 0 aliphatic heterocycles. The largest absolute Gasteiger partial charge is 0.390 e. The molecule has 2 aromatic carbocycles. The summed E-state index contributed by atoms with van der Waals surface area (Å²) in [5, 5.41) is 13.2. The second-order valence-corrected chi connectivity index (χ2v) is 5.08. The van der Waals surface area contributed by atoms with Crippen molar-refractivity contribution >= 4 is 32.8 Å². The van der Waals surface area contributed by atoms with Crippen molar-refractivity contribution in [3.63, 3.8) is 0 Å². The number of nitrogens with two attached hydrogens (primary N) is 1. The lowest BCUT2D eigenvalue weighted by molar-refractivity contribution is 1.48. The van der Waals surface area contributed by atoms with Gasteiger partial charge in [-0.15, -0.1) is 11.3 Å². The highest BCUT2D eigenvalue weighted by Crippen LogP contribution is 2.24. The third kappa shape index (κ3) is 1.79. The van der Waals surface area contributed by atoms with Gasteiger partial charge in [-0.2, -0.15) is 0 Å². The van der Waals surface area contributed by atoms with Crippen LogP contribution in [0.2, 0.25) is 0 Å². The van der Waals surface area contributed by atoms with E-state index in [0.29, 0.717) is 10.7 Å². The van der Waals surface area contributed by atoms with Crippen LogP contribution in [0.1, 0.15) is 11.1 Å². The number of rotatable bonds is 2. The van der Waals surface area contributed by atoms with Gasteiger partial charge in [-0.05, 0) is 28.3 Å². The molecule has 0 atom stereocenters. The summed E-state index contributed by atoms with van der Waals surface area (Å²) in [4.78, 5) is 0. The maximum absolute atomic E-state index is 8.23. The molecule has 3 N–H and O–H groups in total. The molecule has 0 fully saturated rings. The average molecular weight is 252 g/mol. The number of hydrogen-bond acceptors (Lipinski definition) is 3. The van der Waals surface area contributed by atoms with E-state index in [9.17, 15) is 0 Å². The normalized spacial score (nSPS) is 10.7. The molecular weight excluding hydrogens is 240 g/mol. The molecule has 0 amide bonds. The molecule has 3 aromatic rings. The van der Waals surface area contributed by atoms with Crippen molar-refractivity contribution in [1.29, 1.82) is 5.41 Å². The number of fused-ring (bicyclic) bond motifs is 1. The molecule has 0 bridgehead atoms. The Morgan fingerprint density at radius 3 is 2.50 bits per heavy atom. The summed E-state index contributed by atoms with van der Waals surface area (Å²) in [6.07, 6.45) is 0. The molecule has 0 saturated carbocycles. The van der Waals surface area contributed by atoms with Gasteiger partial charge in [-0.1, -0.05) is 36.4 Å². The van der Waals surface area contributed by atoms with Crippen LogP contribution in [0.5, 0.6) is 0 Å². The Bertz CT molecular complexity index is 728. The van der Waals surface area contributed by atoms with E-state index < -0.39 is 0 Å². The van der Waals surface area contributed by atoms with E-state index in [4.69, 9.17) is 11.1 Å². The van der Waals surface area contributed by atoms with Gasteiger partial charge >= 0.3 is 0 Å². The summed E-state index contributed by atoms with van der Waals surface area (Å²) < 4.78 is 0. The third-order valence-electron chi connectivity index (χ3n) is 3.00. The van der Waals surface area contributed by atoms with Crippen molar-refractivity contribution in [1.82, 2.24) is 0 Å². The molecule has 0 saturated heterocycles. The quantitative estimate of drug-likeness (QED) is 0.668. The molecule has 0 aliphatic rings. The van der Waals surface area contributed by atoms with E-state index in [2.05, 4.69) is 12.1 Å². The fourth-order valence-corrected chi connectivity index (χ4v) is 2.68. The zero-order chi connectivity index (χ0) is 12.5. The second-order valence-electron chi connectivity index (χ2n) is 4.14. The van der Waals surface area contributed by atoms with Crippen molar-refractivity contribution in [2.45, 2.75) is 0 Å². The molecule has 3 heteroatoms. The maximum atomic E-state index is 8.23. The van der Waals surface area contributed by atoms with E-state index in [1.54, 1.807) is 0 Å². The van der Waals surface area contributed by atoms with E-state index >= 15 is 0 Å². The first kappa shape index (κ1) is 11.0. The van der Waals surface area contributed by atoms with Crippen LogP contribution in [-0.4, -0.2) is 5.71 Å². The van der Waals surface area contributed by atoms with Crippen LogP contribution in [0, 0.1) is 5.41 Å². The van der Waals surface area contributed by atoms with E-state index in [-0.39, 0.29) is 0 Å². The Hall–Kier alpha value is -2.13. The van der Waals surface area contributed by atoms with E-state index in [1.807, 2.05) is 41.8 Å². The van der Waals surface area contributed by atoms with E-state index in [0.717, 1.165) is 16.5 Å². The topological polar surface area (TPSA) is 49.9 Å². The molecule has 1 heterocycles. The monoisotopic (exact) mass is 252 g/mol. The van der Waals surface area contributed by atoms with E-state index in [1.165, 1.54) is 16.7 Å². The molecule has 88 valence electrons. The fourth-order valence-electron chi connectivity index (χ4n) is 2.03. The van der Waals surface area contributed by atoms with Crippen LogP contribution < -0.4 is 5.73 Å². The van der Waals surface area contributed by atoms with Crippen molar-refractivity contribution < 1.29 is 0 Å². The van der Waals surface area contributed by atoms with Gasteiger partial charge in [0, 0.05) is 11.1 Å². The summed E-state index contributed by atoms with van der Waals surface area (Å²) in [7, 11) is 0. The molecule has 1 aromatic heterocycles. The van der Waals surface area contributed by atoms with Crippen molar-refractivity contribution in [3.05, 3.63) is 65.0 Å². The van der Waals surface area contributed by atoms with Crippen LogP contribution in [-0.2, 0) is 0 Å². The summed E-state index contributed by atoms with van der Waals surface area (Å²) in [5.41, 5.74) is 8.07. The second kappa shape index (κ2) is 4.27. The summed E-state index contributed by atoms with van der Waals surface area (Å²) in [6, 6.07) is 16.1. The summed E-state index contributed by atoms with van der Waals surface area (Å²) in [5.74, 6) is 0. The molecule has 0 aliphatic carbocycles. The molecular formula is C15H12N2S. The molecule has 0 spiro atoms. The van der Waals surface area contributed by atoms with Crippen molar-refractivity contribution in [3.8, 4) is 0 Å².